The number of benzene rings is 2. The van der Waals surface area contributed by atoms with E-state index in [-0.39, 0.29) is 16.3 Å². The number of methoxy groups -OCH3 is 1. The van der Waals surface area contributed by atoms with Gasteiger partial charge in [-0.2, -0.15) is 0 Å². The summed E-state index contributed by atoms with van der Waals surface area (Å²) in [5, 5.41) is 12.4. The molecule has 1 N–H and O–H groups in total. The van der Waals surface area contributed by atoms with Gasteiger partial charge < -0.3 is 14.3 Å². The molecule has 2 aromatic carbocycles. The average molecular weight is 506 g/mol. The molecular formula is C27H26F5N2O2+. The van der Waals surface area contributed by atoms with Gasteiger partial charge in [-0.25, -0.2) is 22.0 Å². The zero-order chi connectivity index (χ0) is 25.8. The molecule has 0 aliphatic carbocycles. The minimum Gasteiger partial charge on any atom is -0.497 e. The summed E-state index contributed by atoms with van der Waals surface area (Å²) >= 11 is 0. The number of aromatic nitrogens is 1. The molecule has 3 fully saturated rings. The van der Waals surface area contributed by atoms with Gasteiger partial charge in [-0.1, -0.05) is 6.08 Å². The topological polar surface area (TPSA) is 42.4 Å². The highest BCUT2D eigenvalue weighted by molar-refractivity contribution is 5.83. The highest BCUT2D eigenvalue weighted by Crippen LogP contribution is 2.48. The Morgan fingerprint density at radius 1 is 1.11 bits per heavy atom. The Kier molecular flexibility index (Phi) is 6.24. The Morgan fingerprint density at radius 2 is 1.81 bits per heavy atom. The third-order valence-corrected chi connectivity index (χ3v) is 8.11. The second kappa shape index (κ2) is 9.12. The molecule has 0 saturated carbocycles. The molecule has 4 heterocycles. The first-order valence-corrected chi connectivity index (χ1v) is 11.8. The zero-order valence-electron chi connectivity index (χ0n) is 19.7. The normalized spacial score (nSPS) is 26.2. The fourth-order valence-electron chi connectivity index (χ4n) is 6.22. The van der Waals surface area contributed by atoms with Crippen LogP contribution >= 0.6 is 0 Å². The maximum absolute atomic E-state index is 14.8. The van der Waals surface area contributed by atoms with Crippen LogP contribution in [0.2, 0.25) is 0 Å². The van der Waals surface area contributed by atoms with Crippen LogP contribution in [-0.2, 0) is 6.54 Å². The third kappa shape index (κ3) is 3.76. The van der Waals surface area contributed by atoms with E-state index in [1.807, 2.05) is 0 Å². The van der Waals surface area contributed by atoms with E-state index in [4.69, 9.17) is 4.74 Å². The van der Waals surface area contributed by atoms with Crippen LogP contribution in [0.25, 0.3) is 10.9 Å². The van der Waals surface area contributed by atoms with E-state index in [1.165, 1.54) is 7.11 Å². The lowest BCUT2D eigenvalue weighted by molar-refractivity contribution is -0.985. The zero-order valence-corrected chi connectivity index (χ0v) is 19.7. The van der Waals surface area contributed by atoms with Crippen molar-refractivity contribution in [3.05, 3.63) is 83.3 Å². The van der Waals surface area contributed by atoms with Crippen molar-refractivity contribution in [3.8, 4) is 5.75 Å². The molecule has 6 rings (SSSR count). The average Bonchev–Trinajstić information content (AvgIpc) is 2.92. The molecule has 9 heteroatoms. The summed E-state index contributed by atoms with van der Waals surface area (Å²) in [6, 6.07) is 6.44. The van der Waals surface area contributed by atoms with Crippen LogP contribution in [0.1, 0.15) is 30.1 Å². The molecule has 3 aromatic rings. The summed E-state index contributed by atoms with van der Waals surface area (Å²) in [5.41, 5.74) is 0.355. The first kappa shape index (κ1) is 24.6. The second-order valence-electron chi connectivity index (χ2n) is 9.81. The number of hydrogen-bond donors (Lipinski definition) is 1. The molecule has 0 radical (unpaired) electrons. The number of hydrogen-bond acceptors (Lipinski definition) is 3. The smallest absolute Gasteiger partial charge is 0.200 e. The van der Waals surface area contributed by atoms with E-state index in [2.05, 4.69) is 11.6 Å². The predicted molar refractivity (Wildman–Crippen MR) is 123 cm³/mol. The molecule has 3 saturated heterocycles. The van der Waals surface area contributed by atoms with Crippen molar-refractivity contribution in [2.45, 2.75) is 31.5 Å². The molecule has 2 bridgehead atoms. The summed E-state index contributed by atoms with van der Waals surface area (Å²) in [7, 11) is 1.53. The van der Waals surface area contributed by atoms with Crippen LogP contribution in [0.5, 0.6) is 5.75 Å². The number of rotatable bonds is 6. The molecule has 3 aliphatic rings. The fourth-order valence-corrected chi connectivity index (χ4v) is 6.22. The summed E-state index contributed by atoms with van der Waals surface area (Å²) in [6.07, 6.45) is 3.49. The van der Waals surface area contributed by atoms with Crippen LogP contribution in [0, 0.1) is 40.9 Å². The van der Waals surface area contributed by atoms with E-state index in [9.17, 15) is 27.1 Å². The maximum atomic E-state index is 14.8. The molecule has 0 spiro atoms. The van der Waals surface area contributed by atoms with Crippen molar-refractivity contribution in [3.63, 3.8) is 0 Å². The Hall–Kier alpha value is -3.04. The Morgan fingerprint density at radius 3 is 2.47 bits per heavy atom. The van der Waals surface area contributed by atoms with Crippen molar-refractivity contribution in [2.75, 3.05) is 20.2 Å². The number of pyridine rings is 1. The SMILES string of the molecule is C=C[C@@H]1C[N+]2(Cc3c(F)c(F)c(F)c(F)c3F)CC[C@@H]1C[C@@H]2[C@@H](O)c1ccnc2ccc(OC)cc12. The van der Waals surface area contributed by atoms with E-state index in [0.717, 1.165) is 0 Å². The van der Waals surface area contributed by atoms with Crippen LogP contribution in [0.3, 0.4) is 0 Å². The number of piperidine rings is 3. The van der Waals surface area contributed by atoms with Gasteiger partial charge in [0.15, 0.2) is 23.3 Å². The molecule has 0 amide bonds. The molecule has 4 nitrogen and oxygen atoms in total. The van der Waals surface area contributed by atoms with Crippen molar-refractivity contribution < 1.29 is 36.3 Å². The lowest BCUT2D eigenvalue weighted by atomic mass is 9.71. The number of quaternary nitrogens is 1. The van der Waals surface area contributed by atoms with Gasteiger partial charge in [0.1, 0.15) is 24.4 Å². The minimum absolute atomic E-state index is 0.00209. The fraction of sp³-hybridized carbons (Fsp3) is 0.370. The largest absolute Gasteiger partial charge is 0.497 e. The van der Waals surface area contributed by atoms with E-state index < -0.39 is 53.3 Å². The van der Waals surface area contributed by atoms with Crippen molar-refractivity contribution >= 4 is 10.9 Å². The Bertz CT molecular complexity index is 1320. The monoisotopic (exact) mass is 505 g/mol. The Labute approximate surface area is 205 Å². The Balaban J connectivity index is 1.62. The van der Waals surface area contributed by atoms with Gasteiger partial charge in [0.2, 0.25) is 5.82 Å². The van der Waals surface area contributed by atoms with Crippen molar-refractivity contribution in [2.24, 2.45) is 11.8 Å². The summed E-state index contributed by atoms with van der Waals surface area (Å²) < 4.78 is 76.7. The third-order valence-electron chi connectivity index (χ3n) is 8.11. The molecule has 36 heavy (non-hydrogen) atoms. The number of halogens is 5. The van der Waals surface area contributed by atoms with Crippen LogP contribution in [0.4, 0.5) is 22.0 Å². The maximum Gasteiger partial charge on any atom is 0.200 e. The highest BCUT2D eigenvalue weighted by Gasteiger charge is 2.54. The summed E-state index contributed by atoms with van der Waals surface area (Å²) in [6.45, 7) is 4.27. The lowest BCUT2D eigenvalue weighted by Gasteiger charge is -2.58. The van der Waals surface area contributed by atoms with Crippen LogP contribution in [0.15, 0.2) is 43.1 Å². The molecule has 190 valence electrons. The number of nitrogens with zero attached hydrogens (tertiary/aromatic N) is 2. The van der Waals surface area contributed by atoms with E-state index >= 15 is 0 Å². The van der Waals surface area contributed by atoms with E-state index in [1.54, 1.807) is 36.5 Å². The molecule has 1 unspecified atom stereocenters. The number of ether oxygens (including phenoxy) is 1. The van der Waals surface area contributed by atoms with Crippen molar-refractivity contribution in [1.29, 1.82) is 0 Å². The number of fused-ring (bicyclic) bond motifs is 4. The van der Waals surface area contributed by atoms with E-state index in [0.29, 0.717) is 48.1 Å². The summed E-state index contributed by atoms with van der Waals surface area (Å²) in [5.74, 6) is -8.98. The molecule has 3 aliphatic heterocycles. The second-order valence-corrected chi connectivity index (χ2v) is 9.81. The molecule has 1 aromatic heterocycles. The van der Waals surface area contributed by atoms with Gasteiger partial charge >= 0.3 is 0 Å². The predicted octanol–water partition coefficient (Wildman–Crippen LogP) is 5.58. The van der Waals surface area contributed by atoms with Gasteiger partial charge in [0.05, 0.1) is 31.3 Å². The first-order valence-electron chi connectivity index (χ1n) is 11.8. The molecule has 5 atom stereocenters. The van der Waals surface area contributed by atoms with Gasteiger partial charge in [0, 0.05) is 30.3 Å². The summed E-state index contributed by atoms with van der Waals surface area (Å²) in [4.78, 5) is 4.35. The highest BCUT2D eigenvalue weighted by atomic mass is 19.2. The van der Waals surface area contributed by atoms with Gasteiger partial charge in [-0.3, -0.25) is 4.98 Å². The standard InChI is InChI=1S/C27H26F5N2O2/c1-3-14-12-34(13-19-22(28)24(30)26(32)25(31)23(19)29)9-7-15(14)10-21(34)27(35)17-6-8-33-20-5-4-16(36-2)11-18(17)20/h3-6,8,11,14-15,21,27,35H,1,7,9-10,12-13H2,2H3/q+1/t14-,15-,21-,27+,34?/m1/s1. The van der Waals surface area contributed by atoms with Crippen molar-refractivity contribution in [1.82, 2.24) is 4.98 Å². The van der Waals surface area contributed by atoms with Gasteiger partial charge in [-0.15, -0.1) is 6.58 Å². The quantitative estimate of drug-likeness (QED) is 0.156. The lowest BCUT2D eigenvalue weighted by Crippen LogP contribution is -2.67. The number of aliphatic hydroxyl groups is 1. The molecular weight excluding hydrogens is 479 g/mol. The van der Waals surface area contributed by atoms with Gasteiger partial charge in [0.25, 0.3) is 0 Å². The van der Waals surface area contributed by atoms with Crippen LogP contribution < -0.4 is 4.74 Å². The van der Waals surface area contributed by atoms with Crippen LogP contribution in [-0.4, -0.2) is 40.8 Å². The first-order chi connectivity index (χ1) is 17.2. The van der Waals surface area contributed by atoms with Gasteiger partial charge in [-0.05, 0) is 35.7 Å². The minimum atomic E-state index is -2.18. The number of aliphatic hydroxyl groups excluding tert-OH is 1.